The average Bonchev–Trinajstić information content (AvgIpc) is 2.95. The Labute approximate surface area is 154 Å². The molecule has 1 atom stereocenters. The molecule has 0 bridgehead atoms. The summed E-state index contributed by atoms with van der Waals surface area (Å²) in [4.78, 5) is 23.6. The minimum absolute atomic E-state index is 0.0786. The molecule has 1 aliphatic rings. The second-order valence-electron chi connectivity index (χ2n) is 6.26. The highest BCUT2D eigenvalue weighted by Gasteiger charge is 2.39. The van der Waals surface area contributed by atoms with Crippen LogP contribution in [0, 0.1) is 5.41 Å². The van der Waals surface area contributed by atoms with Gasteiger partial charge >= 0.3 is 12.1 Å². The maximum absolute atomic E-state index is 12.9. The molecule has 1 aromatic heterocycles. The Kier molecular flexibility index (Phi) is 5.91. The summed E-state index contributed by atoms with van der Waals surface area (Å²) in [5.74, 6) is -0.757. The molecule has 1 aliphatic heterocycles. The van der Waals surface area contributed by atoms with Crippen molar-refractivity contribution in [3.63, 3.8) is 0 Å². The van der Waals surface area contributed by atoms with E-state index in [2.05, 4.69) is 25.6 Å². The van der Waals surface area contributed by atoms with Crippen molar-refractivity contribution in [3.05, 3.63) is 23.7 Å². The first-order valence-corrected chi connectivity index (χ1v) is 8.10. The molecule has 1 fully saturated rings. The van der Waals surface area contributed by atoms with Crippen LogP contribution in [0.5, 0.6) is 0 Å². The number of carbonyl (C=O) groups excluding carboxylic acids is 1. The molecule has 2 rings (SSSR count). The number of nitrogens with one attached hydrogen (secondary N) is 2. The standard InChI is InChI=1S/C16H21F3N6O2/c1-9(23-8-15(2)4-5-27-13(15)26)11(6-20)24-14-22-7-10(16(17,18)19)12(21-3)25-14/h6-7H,4-5,8,20H2,1-3H3,(H2,21,22,24,25)/b11-6+,23-9?/t15-/m1/s1. The molecule has 1 saturated heterocycles. The SMILES string of the molecule is CNc1nc(N/C(=C/N)C(C)=NC[C@@]2(C)CCOC2=O)ncc1C(F)(F)F. The van der Waals surface area contributed by atoms with Crippen molar-refractivity contribution < 1.29 is 22.7 Å². The van der Waals surface area contributed by atoms with Crippen LogP contribution in [-0.2, 0) is 15.7 Å². The second-order valence-corrected chi connectivity index (χ2v) is 6.26. The lowest BCUT2D eigenvalue weighted by Crippen LogP contribution is -2.27. The van der Waals surface area contributed by atoms with E-state index >= 15 is 0 Å². The number of halogens is 3. The first-order chi connectivity index (χ1) is 12.6. The van der Waals surface area contributed by atoms with E-state index in [0.717, 1.165) is 0 Å². The average molecular weight is 386 g/mol. The van der Waals surface area contributed by atoms with Crippen molar-refractivity contribution in [1.29, 1.82) is 0 Å². The quantitative estimate of drug-likeness (QED) is 0.507. The summed E-state index contributed by atoms with van der Waals surface area (Å²) in [7, 11) is 1.33. The predicted molar refractivity (Wildman–Crippen MR) is 94.1 cm³/mol. The van der Waals surface area contributed by atoms with Crippen LogP contribution >= 0.6 is 0 Å². The van der Waals surface area contributed by atoms with Gasteiger partial charge in [0.25, 0.3) is 0 Å². The lowest BCUT2D eigenvalue weighted by atomic mass is 9.89. The molecule has 0 aromatic carbocycles. The molecule has 0 radical (unpaired) electrons. The molecule has 8 nitrogen and oxygen atoms in total. The molecule has 4 N–H and O–H groups in total. The van der Waals surface area contributed by atoms with Crippen LogP contribution in [-0.4, -0.2) is 41.8 Å². The van der Waals surface area contributed by atoms with Crippen molar-refractivity contribution in [2.24, 2.45) is 16.1 Å². The van der Waals surface area contributed by atoms with Gasteiger partial charge in [-0.15, -0.1) is 0 Å². The fraction of sp³-hybridized carbons (Fsp3) is 0.500. The first kappa shape index (κ1) is 20.5. The van der Waals surface area contributed by atoms with Crippen molar-refractivity contribution in [3.8, 4) is 0 Å². The lowest BCUT2D eigenvalue weighted by Gasteiger charge is -2.17. The lowest BCUT2D eigenvalue weighted by molar-refractivity contribution is -0.145. The number of nitrogens with zero attached hydrogens (tertiary/aromatic N) is 3. The number of aliphatic imine (C=N–C) groups is 1. The smallest absolute Gasteiger partial charge is 0.421 e. The summed E-state index contributed by atoms with van der Waals surface area (Å²) in [6, 6.07) is 0. The van der Waals surface area contributed by atoms with Crippen molar-refractivity contribution >= 4 is 23.4 Å². The number of anilines is 2. The molecule has 27 heavy (non-hydrogen) atoms. The van der Waals surface area contributed by atoms with Gasteiger partial charge in [-0.1, -0.05) is 0 Å². The highest BCUT2D eigenvalue weighted by atomic mass is 19.4. The Balaban J connectivity index is 2.17. The molecule has 2 heterocycles. The van der Waals surface area contributed by atoms with Crippen LogP contribution in [0.2, 0.25) is 0 Å². The zero-order valence-corrected chi connectivity index (χ0v) is 15.1. The highest BCUT2D eigenvalue weighted by molar-refractivity contribution is 6.00. The number of aromatic nitrogens is 2. The van der Waals surface area contributed by atoms with E-state index in [-0.39, 0.29) is 24.3 Å². The van der Waals surface area contributed by atoms with Crippen LogP contribution in [0.3, 0.4) is 0 Å². The van der Waals surface area contributed by atoms with Crippen molar-refractivity contribution in [1.82, 2.24) is 9.97 Å². The number of cyclic esters (lactones) is 1. The first-order valence-electron chi connectivity index (χ1n) is 8.10. The molecular weight excluding hydrogens is 365 g/mol. The number of esters is 1. The summed E-state index contributed by atoms with van der Waals surface area (Å²) in [5, 5.41) is 5.13. The molecule has 0 aliphatic carbocycles. The number of hydrogen-bond donors (Lipinski definition) is 3. The van der Waals surface area contributed by atoms with E-state index in [4.69, 9.17) is 10.5 Å². The van der Waals surface area contributed by atoms with E-state index in [1.807, 2.05) is 0 Å². The van der Waals surface area contributed by atoms with Gasteiger partial charge in [0.2, 0.25) is 5.95 Å². The van der Waals surface area contributed by atoms with Crippen LogP contribution in [0.25, 0.3) is 0 Å². The number of alkyl halides is 3. The van der Waals surface area contributed by atoms with E-state index in [1.54, 1.807) is 13.8 Å². The maximum Gasteiger partial charge on any atom is 0.421 e. The van der Waals surface area contributed by atoms with Crippen LogP contribution in [0.4, 0.5) is 24.9 Å². The van der Waals surface area contributed by atoms with Gasteiger partial charge in [-0.2, -0.15) is 18.2 Å². The Morgan fingerprint density at radius 3 is 2.74 bits per heavy atom. The topological polar surface area (TPSA) is 115 Å². The molecule has 0 unspecified atom stereocenters. The fourth-order valence-corrected chi connectivity index (χ4v) is 2.38. The van der Waals surface area contributed by atoms with E-state index in [0.29, 0.717) is 30.6 Å². The number of hydrogen-bond acceptors (Lipinski definition) is 8. The van der Waals surface area contributed by atoms with Crippen LogP contribution in [0.1, 0.15) is 25.8 Å². The van der Waals surface area contributed by atoms with Gasteiger partial charge in [0.05, 0.1) is 30.0 Å². The third kappa shape index (κ3) is 4.66. The molecular formula is C16H21F3N6O2. The minimum Gasteiger partial charge on any atom is -0.465 e. The van der Waals surface area contributed by atoms with Gasteiger partial charge in [0, 0.05) is 19.4 Å². The summed E-state index contributed by atoms with van der Waals surface area (Å²) < 4.78 is 43.7. The molecule has 1 aromatic rings. The fourth-order valence-electron chi connectivity index (χ4n) is 2.38. The van der Waals surface area contributed by atoms with Gasteiger partial charge in [-0.3, -0.25) is 9.79 Å². The Morgan fingerprint density at radius 1 is 1.52 bits per heavy atom. The van der Waals surface area contributed by atoms with Crippen molar-refractivity contribution in [2.45, 2.75) is 26.4 Å². The van der Waals surface area contributed by atoms with Gasteiger partial charge < -0.3 is 21.1 Å². The normalized spacial score (nSPS) is 21.2. The van der Waals surface area contributed by atoms with Gasteiger partial charge in [-0.05, 0) is 20.3 Å². The van der Waals surface area contributed by atoms with Gasteiger partial charge in [-0.25, -0.2) is 4.98 Å². The van der Waals surface area contributed by atoms with E-state index in [9.17, 15) is 18.0 Å². The number of allylic oxidation sites excluding steroid dienone is 1. The van der Waals surface area contributed by atoms with E-state index < -0.39 is 17.2 Å². The monoisotopic (exact) mass is 386 g/mol. The van der Waals surface area contributed by atoms with Gasteiger partial charge in [0.1, 0.15) is 11.4 Å². The summed E-state index contributed by atoms with van der Waals surface area (Å²) in [5.41, 5.74) is 4.67. The second kappa shape index (κ2) is 7.80. The molecule has 0 spiro atoms. The van der Waals surface area contributed by atoms with Crippen LogP contribution < -0.4 is 16.4 Å². The van der Waals surface area contributed by atoms with Gasteiger partial charge in [0.15, 0.2) is 0 Å². The predicted octanol–water partition coefficient (Wildman–Crippen LogP) is 2.16. The maximum atomic E-state index is 12.9. The van der Waals surface area contributed by atoms with Crippen LogP contribution in [0.15, 0.2) is 23.1 Å². The Morgan fingerprint density at radius 2 is 2.22 bits per heavy atom. The number of carbonyl (C=O) groups is 1. The highest BCUT2D eigenvalue weighted by Crippen LogP contribution is 2.33. The molecule has 11 heteroatoms. The summed E-state index contributed by atoms with van der Waals surface area (Å²) in [6.45, 7) is 3.97. The summed E-state index contributed by atoms with van der Waals surface area (Å²) >= 11 is 0. The third-order valence-electron chi connectivity index (χ3n) is 4.18. The molecule has 0 saturated carbocycles. The number of ether oxygens (including phenoxy) is 1. The Bertz CT molecular complexity index is 778. The zero-order valence-electron chi connectivity index (χ0n) is 15.1. The number of rotatable bonds is 6. The van der Waals surface area contributed by atoms with Crippen molar-refractivity contribution in [2.75, 3.05) is 30.8 Å². The zero-order chi connectivity index (χ0) is 20.2. The van der Waals surface area contributed by atoms with E-state index in [1.165, 1.54) is 13.2 Å². The third-order valence-corrected chi connectivity index (χ3v) is 4.18. The molecule has 0 amide bonds. The Hall–Kier alpha value is -2.85. The summed E-state index contributed by atoms with van der Waals surface area (Å²) in [6.07, 6.45) is -2.14. The molecule has 148 valence electrons. The number of nitrogens with two attached hydrogens (primary N) is 1. The largest absolute Gasteiger partial charge is 0.465 e. The minimum atomic E-state index is -4.58.